The summed E-state index contributed by atoms with van der Waals surface area (Å²) in [5, 5.41) is 11.8. The Morgan fingerprint density at radius 2 is 1.81 bits per heavy atom. The second-order valence-electron chi connectivity index (χ2n) is 7.72. The number of benzene rings is 1. The first-order valence-electron chi connectivity index (χ1n) is 8.60. The number of ether oxygens (including phenoxy) is 1. The number of imide groups is 1. The number of nitriles is 1. The van der Waals surface area contributed by atoms with Crippen molar-refractivity contribution in [2.75, 3.05) is 10.2 Å². The van der Waals surface area contributed by atoms with Crippen molar-refractivity contribution in [3.8, 4) is 6.07 Å². The smallest absolute Gasteiger partial charge is 0.240 e. The summed E-state index contributed by atoms with van der Waals surface area (Å²) in [7, 11) is 0. The first kappa shape index (κ1) is 16.7. The van der Waals surface area contributed by atoms with Gasteiger partial charge in [0, 0.05) is 6.92 Å². The molecule has 0 unspecified atom stereocenters. The van der Waals surface area contributed by atoms with Crippen LogP contribution in [0.2, 0.25) is 0 Å². The number of carbonyl (C=O) groups excluding carboxylic acids is 3. The summed E-state index contributed by atoms with van der Waals surface area (Å²) in [6, 6.07) is 6.57. The van der Waals surface area contributed by atoms with E-state index in [1.54, 1.807) is 6.07 Å². The third-order valence-corrected chi connectivity index (χ3v) is 5.90. The zero-order valence-corrected chi connectivity index (χ0v) is 14.8. The summed E-state index contributed by atoms with van der Waals surface area (Å²) in [4.78, 5) is 38.8. The van der Waals surface area contributed by atoms with Gasteiger partial charge in [-0.1, -0.05) is 0 Å². The van der Waals surface area contributed by atoms with Crippen LogP contribution in [-0.2, 0) is 19.1 Å². The zero-order valence-electron chi connectivity index (χ0n) is 14.8. The lowest BCUT2D eigenvalue weighted by atomic mass is 9.69. The van der Waals surface area contributed by atoms with Crippen molar-refractivity contribution in [2.24, 2.45) is 11.8 Å². The molecule has 0 saturated carbocycles. The first-order chi connectivity index (χ1) is 12.2. The fourth-order valence-electron chi connectivity index (χ4n) is 4.78. The number of rotatable bonds is 2. The van der Waals surface area contributed by atoms with Crippen molar-refractivity contribution in [1.29, 1.82) is 5.26 Å². The number of hydrogen-bond donors (Lipinski definition) is 1. The second-order valence-corrected chi connectivity index (χ2v) is 7.72. The molecule has 134 valence electrons. The molecule has 1 aromatic carbocycles. The molecule has 4 atom stereocenters. The topological polar surface area (TPSA) is 99.5 Å². The molecule has 26 heavy (non-hydrogen) atoms. The average molecular weight is 353 g/mol. The number of carbonyl (C=O) groups is 3. The standard InChI is InChI=1S/C19H19N3O4/c1-10(23)21-13-8-12(5-4-11(13)9-20)22-16(24)14-15(17(22)25)19(3)7-6-18(14,2)26-19/h4-5,8,14-15H,6-7H2,1-3H3,(H,21,23)/t14-,15+,18-,19+. The number of fused-ring (bicyclic) bond motifs is 5. The Balaban J connectivity index is 1.76. The highest BCUT2D eigenvalue weighted by molar-refractivity contribution is 6.23. The van der Waals surface area contributed by atoms with Gasteiger partial charge in [0.05, 0.1) is 40.0 Å². The fourth-order valence-corrected chi connectivity index (χ4v) is 4.78. The second kappa shape index (κ2) is 5.15. The fraction of sp³-hybridized carbons (Fsp3) is 0.474. The Kier molecular flexibility index (Phi) is 3.31. The molecule has 4 rings (SSSR count). The van der Waals surface area contributed by atoms with Gasteiger partial charge in [0.25, 0.3) is 0 Å². The summed E-state index contributed by atoms with van der Waals surface area (Å²) < 4.78 is 6.08. The van der Waals surface area contributed by atoms with Crippen LogP contribution in [0.15, 0.2) is 18.2 Å². The van der Waals surface area contributed by atoms with Crippen LogP contribution in [0.4, 0.5) is 11.4 Å². The first-order valence-corrected chi connectivity index (χ1v) is 8.60. The minimum Gasteiger partial charge on any atom is -0.367 e. The SMILES string of the molecule is CC(=O)Nc1cc(N2C(=O)[C@@H]3[C@H](C2=O)[C@@]2(C)CC[C@]3(C)O2)ccc1C#N. The largest absolute Gasteiger partial charge is 0.367 e. The number of anilines is 2. The van der Waals surface area contributed by atoms with Crippen LogP contribution in [0.25, 0.3) is 0 Å². The molecule has 3 fully saturated rings. The molecule has 7 nitrogen and oxygen atoms in total. The summed E-state index contributed by atoms with van der Waals surface area (Å²) in [5.41, 5.74) is -0.316. The lowest BCUT2D eigenvalue weighted by Crippen LogP contribution is -2.40. The Labute approximate surface area is 150 Å². The van der Waals surface area contributed by atoms with Crippen molar-refractivity contribution in [1.82, 2.24) is 0 Å². The van der Waals surface area contributed by atoms with E-state index < -0.39 is 23.0 Å². The minimum atomic E-state index is -0.617. The number of nitrogens with one attached hydrogen (secondary N) is 1. The molecule has 1 N–H and O–H groups in total. The third-order valence-electron chi connectivity index (χ3n) is 5.90. The Morgan fingerprint density at radius 1 is 1.23 bits per heavy atom. The third kappa shape index (κ3) is 2.05. The van der Waals surface area contributed by atoms with Crippen molar-refractivity contribution in [3.63, 3.8) is 0 Å². The molecule has 2 bridgehead atoms. The van der Waals surface area contributed by atoms with Gasteiger partial charge in [0.15, 0.2) is 0 Å². The highest BCUT2D eigenvalue weighted by Gasteiger charge is 2.72. The van der Waals surface area contributed by atoms with E-state index in [4.69, 9.17) is 4.74 Å². The molecule has 7 heteroatoms. The van der Waals surface area contributed by atoms with E-state index in [0.29, 0.717) is 5.69 Å². The van der Waals surface area contributed by atoms with Crippen LogP contribution >= 0.6 is 0 Å². The van der Waals surface area contributed by atoms with Gasteiger partial charge in [-0.25, -0.2) is 4.90 Å². The molecule has 0 spiro atoms. The maximum absolute atomic E-state index is 13.1. The predicted octanol–water partition coefficient (Wildman–Crippen LogP) is 1.96. The van der Waals surface area contributed by atoms with Crippen molar-refractivity contribution in [2.45, 2.75) is 44.8 Å². The number of nitrogens with zero attached hydrogens (tertiary/aromatic N) is 2. The number of amides is 3. The molecule has 3 aliphatic heterocycles. The van der Waals surface area contributed by atoms with Gasteiger partial charge in [0.1, 0.15) is 6.07 Å². The molecule has 0 aliphatic carbocycles. The normalized spacial score (nSPS) is 34.8. The lowest BCUT2D eigenvalue weighted by molar-refractivity contribution is -0.129. The molecule has 0 radical (unpaired) electrons. The highest BCUT2D eigenvalue weighted by Crippen LogP contribution is 2.60. The van der Waals surface area contributed by atoms with Crippen molar-refractivity contribution >= 4 is 29.1 Å². The Bertz CT molecular complexity index is 871. The van der Waals surface area contributed by atoms with Gasteiger partial charge in [-0.15, -0.1) is 0 Å². The molecular formula is C19H19N3O4. The van der Waals surface area contributed by atoms with Crippen LogP contribution in [0.5, 0.6) is 0 Å². The van der Waals surface area contributed by atoms with Gasteiger partial charge >= 0.3 is 0 Å². The molecule has 0 aromatic heterocycles. The van der Waals surface area contributed by atoms with Gasteiger partial charge in [-0.2, -0.15) is 5.26 Å². The summed E-state index contributed by atoms with van der Waals surface area (Å²) in [5.74, 6) is -1.86. The predicted molar refractivity (Wildman–Crippen MR) is 92.1 cm³/mol. The van der Waals surface area contributed by atoms with Crippen molar-refractivity contribution in [3.05, 3.63) is 23.8 Å². The summed E-state index contributed by atoms with van der Waals surface area (Å²) in [6.07, 6.45) is 1.50. The molecule has 3 saturated heterocycles. The molecule has 3 amide bonds. The summed E-state index contributed by atoms with van der Waals surface area (Å²) in [6.45, 7) is 5.14. The van der Waals surface area contributed by atoms with Gasteiger partial charge < -0.3 is 10.1 Å². The van der Waals surface area contributed by atoms with Crippen LogP contribution in [0.1, 0.15) is 39.2 Å². The van der Waals surface area contributed by atoms with Gasteiger partial charge in [-0.3, -0.25) is 14.4 Å². The quantitative estimate of drug-likeness (QED) is 0.820. The van der Waals surface area contributed by atoms with Crippen LogP contribution in [0.3, 0.4) is 0 Å². The molecule has 3 heterocycles. The Hall–Kier alpha value is -2.72. The lowest BCUT2D eigenvalue weighted by Gasteiger charge is -2.27. The van der Waals surface area contributed by atoms with Gasteiger partial charge in [0.2, 0.25) is 17.7 Å². The van der Waals surface area contributed by atoms with E-state index in [1.807, 2.05) is 19.9 Å². The molecular weight excluding hydrogens is 334 g/mol. The minimum absolute atomic E-state index is 0.269. The Morgan fingerprint density at radius 3 is 2.31 bits per heavy atom. The van der Waals surface area contributed by atoms with Crippen molar-refractivity contribution < 1.29 is 19.1 Å². The molecule has 3 aliphatic rings. The monoisotopic (exact) mass is 353 g/mol. The van der Waals surface area contributed by atoms with E-state index >= 15 is 0 Å². The number of hydrogen-bond acceptors (Lipinski definition) is 5. The van der Waals surface area contributed by atoms with E-state index in [-0.39, 0.29) is 29.0 Å². The summed E-state index contributed by atoms with van der Waals surface area (Å²) >= 11 is 0. The van der Waals surface area contributed by atoms with E-state index in [9.17, 15) is 19.6 Å². The maximum atomic E-state index is 13.1. The molecule has 1 aromatic rings. The zero-order chi connectivity index (χ0) is 18.9. The van der Waals surface area contributed by atoms with E-state index in [2.05, 4.69) is 5.32 Å². The van der Waals surface area contributed by atoms with Crippen LogP contribution in [0, 0.1) is 23.2 Å². The average Bonchev–Trinajstić information content (AvgIpc) is 3.11. The maximum Gasteiger partial charge on any atom is 0.240 e. The highest BCUT2D eigenvalue weighted by atomic mass is 16.5. The van der Waals surface area contributed by atoms with E-state index in [0.717, 1.165) is 12.8 Å². The van der Waals surface area contributed by atoms with Crippen LogP contribution in [-0.4, -0.2) is 28.9 Å². The van der Waals surface area contributed by atoms with E-state index in [1.165, 1.54) is 24.0 Å². The van der Waals surface area contributed by atoms with Gasteiger partial charge in [-0.05, 0) is 44.9 Å². The van der Waals surface area contributed by atoms with Crippen LogP contribution < -0.4 is 10.2 Å².